The third kappa shape index (κ3) is 8.13. The van der Waals surface area contributed by atoms with E-state index in [-0.39, 0.29) is 24.6 Å². The van der Waals surface area contributed by atoms with Gasteiger partial charge in [0.15, 0.2) is 0 Å². The molecule has 1 heterocycles. The number of aryl methyl sites for hydroxylation is 1. The van der Waals surface area contributed by atoms with Crippen LogP contribution in [0.15, 0.2) is 60.7 Å². The summed E-state index contributed by atoms with van der Waals surface area (Å²) in [6.45, 7) is 4.38. The van der Waals surface area contributed by atoms with Gasteiger partial charge >= 0.3 is 24.4 Å². The first-order chi connectivity index (χ1) is 20.9. The van der Waals surface area contributed by atoms with E-state index in [0.717, 1.165) is 10.5 Å². The highest BCUT2D eigenvalue weighted by Crippen LogP contribution is 2.39. The maximum atomic E-state index is 14.0. The number of carbonyl (C=O) groups is 2. The Hall–Kier alpha value is -4.13. The molecule has 0 radical (unpaired) electrons. The van der Waals surface area contributed by atoms with Crippen molar-refractivity contribution in [2.24, 2.45) is 0 Å². The van der Waals surface area contributed by atoms with Gasteiger partial charge in [0.05, 0.1) is 29.6 Å². The Kier molecular flexibility index (Phi) is 9.81. The first-order valence-electron chi connectivity index (χ1n) is 14.0. The summed E-state index contributed by atoms with van der Waals surface area (Å²) in [5.74, 6) is -1.42. The number of carboxylic acids is 1. The normalized spacial score (nSPS) is 16.8. The van der Waals surface area contributed by atoms with Gasteiger partial charge in [-0.1, -0.05) is 30.3 Å². The highest BCUT2D eigenvalue weighted by Gasteiger charge is 2.39. The molecule has 0 aromatic heterocycles. The second-order valence-electron chi connectivity index (χ2n) is 11.2. The number of alkyl halides is 6. The third-order valence-electron chi connectivity index (χ3n) is 8.06. The SMILES string of the molecule is Cc1cc(F)ccc1[C@H]1CN(Cc2ccc(CC(=O)O)cc2)CCN1C(=O)N(C)C(C)c1cc(C(F)(F)F)cc(C(F)(F)F)c1. The first-order valence-corrected chi connectivity index (χ1v) is 14.0. The van der Waals surface area contributed by atoms with Crippen LogP contribution in [0, 0.1) is 12.7 Å². The summed E-state index contributed by atoms with van der Waals surface area (Å²) >= 11 is 0. The predicted molar refractivity (Wildman–Crippen MR) is 152 cm³/mol. The number of carboxylic acid groups (broad SMARTS) is 1. The van der Waals surface area contributed by atoms with Gasteiger partial charge in [-0.2, -0.15) is 26.3 Å². The first kappa shape index (κ1) is 33.8. The zero-order chi connectivity index (χ0) is 33.3. The average Bonchev–Trinajstić information content (AvgIpc) is 2.95. The number of carbonyl (C=O) groups excluding carboxylic acids is 1. The van der Waals surface area contributed by atoms with Crippen molar-refractivity contribution in [3.05, 3.63) is 105 Å². The molecule has 1 N–H and O–H groups in total. The van der Waals surface area contributed by atoms with Gasteiger partial charge in [0.1, 0.15) is 5.82 Å². The number of benzene rings is 3. The van der Waals surface area contributed by atoms with Gasteiger partial charge in [-0.15, -0.1) is 0 Å². The fourth-order valence-corrected chi connectivity index (χ4v) is 5.50. The summed E-state index contributed by atoms with van der Waals surface area (Å²) < 4.78 is 95.0. The van der Waals surface area contributed by atoms with Gasteiger partial charge in [0, 0.05) is 33.2 Å². The molecule has 2 amide bonds. The predicted octanol–water partition coefficient (Wildman–Crippen LogP) is 7.47. The summed E-state index contributed by atoms with van der Waals surface area (Å²) in [5, 5.41) is 9.01. The fraction of sp³-hybridized carbons (Fsp3) is 0.375. The van der Waals surface area contributed by atoms with Crippen molar-refractivity contribution in [1.82, 2.24) is 14.7 Å². The number of nitrogens with zero attached hydrogens (tertiary/aromatic N) is 3. The number of hydrogen-bond donors (Lipinski definition) is 1. The van der Waals surface area contributed by atoms with E-state index in [2.05, 4.69) is 4.90 Å². The van der Waals surface area contributed by atoms with Crippen LogP contribution in [0.4, 0.5) is 35.5 Å². The van der Waals surface area contributed by atoms with Crippen molar-refractivity contribution < 1.29 is 45.4 Å². The highest BCUT2D eigenvalue weighted by molar-refractivity contribution is 5.75. The molecule has 3 aromatic rings. The van der Waals surface area contributed by atoms with E-state index in [4.69, 9.17) is 5.11 Å². The van der Waals surface area contributed by atoms with Gasteiger partial charge < -0.3 is 14.9 Å². The standard InChI is InChI=1S/C32H32F7N3O3/c1-19-12-26(33)8-9-27(19)28-18-41(17-22-6-4-21(5-7-22)13-29(43)44)10-11-42(28)30(45)40(3)20(2)23-14-24(31(34,35)36)16-25(15-23)32(37,38)39/h4-9,12,14-16,20,28H,10-11,13,17-18H2,1-3H3,(H,43,44)/t20?,28-/m1/s1. The van der Waals surface area contributed by atoms with Crippen molar-refractivity contribution >= 4 is 12.0 Å². The van der Waals surface area contributed by atoms with Crippen LogP contribution in [0.25, 0.3) is 0 Å². The average molecular weight is 640 g/mol. The summed E-state index contributed by atoms with van der Waals surface area (Å²) in [6, 6.07) is 10.1. The number of amides is 2. The summed E-state index contributed by atoms with van der Waals surface area (Å²) in [5.41, 5.74) is -0.510. The maximum Gasteiger partial charge on any atom is 0.416 e. The van der Waals surface area contributed by atoms with E-state index in [1.54, 1.807) is 25.1 Å². The second-order valence-corrected chi connectivity index (χ2v) is 11.2. The van der Waals surface area contributed by atoms with Crippen LogP contribution in [0.3, 0.4) is 0 Å². The lowest BCUT2D eigenvalue weighted by atomic mass is 9.96. The minimum Gasteiger partial charge on any atom is -0.481 e. The molecule has 0 bridgehead atoms. The van der Waals surface area contributed by atoms with Crippen molar-refractivity contribution in [2.45, 2.75) is 51.2 Å². The van der Waals surface area contributed by atoms with Crippen molar-refractivity contribution in [3.8, 4) is 0 Å². The van der Waals surface area contributed by atoms with Gasteiger partial charge in [0.25, 0.3) is 0 Å². The summed E-state index contributed by atoms with van der Waals surface area (Å²) in [6.07, 6.45) is -10.2. The maximum absolute atomic E-state index is 14.0. The van der Waals surface area contributed by atoms with E-state index in [9.17, 15) is 40.3 Å². The molecule has 242 valence electrons. The number of aliphatic carboxylic acids is 1. The molecule has 0 spiro atoms. The number of rotatable bonds is 7. The lowest BCUT2D eigenvalue weighted by Gasteiger charge is -2.44. The van der Waals surface area contributed by atoms with Gasteiger partial charge in [-0.05, 0) is 72.0 Å². The van der Waals surface area contributed by atoms with E-state index in [1.165, 1.54) is 31.0 Å². The van der Waals surface area contributed by atoms with Crippen LogP contribution in [0.2, 0.25) is 0 Å². The van der Waals surface area contributed by atoms with Crippen LogP contribution in [0.5, 0.6) is 0 Å². The van der Waals surface area contributed by atoms with Crippen LogP contribution < -0.4 is 0 Å². The molecular formula is C32H32F7N3O3. The Morgan fingerprint density at radius 1 is 0.911 bits per heavy atom. The highest BCUT2D eigenvalue weighted by atomic mass is 19.4. The summed E-state index contributed by atoms with van der Waals surface area (Å²) in [7, 11) is 1.32. The molecule has 1 aliphatic rings. The van der Waals surface area contributed by atoms with Crippen molar-refractivity contribution in [2.75, 3.05) is 26.7 Å². The van der Waals surface area contributed by atoms with Crippen molar-refractivity contribution in [1.29, 1.82) is 0 Å². The third-order valence-corrected chi connectivity index (χ3v) is 8.06. The minimum absolute atomic E-state index is 0.0459. The minimum atomic E-state index is -5.03. The lowest BCUT2D eigenvalue weighted by Crippen LogP contribution is -2.53. The molecule has 1 saturated heterocycles. The smallest absolute Gasteiger partial charge is 0.416 e. The summed E-state index contributed by atoms with van der Waals surface area (Å²) in [4.78, 5) is 29.6. The van der Waals surface area contributed by atoms with Crippen LogP contribution >= 0.6 is 0 Å². The second kappa shape index (κ2) is 13.1. The molecule has 3 aromatic carbocycles. The molecule has 2 atom stereocenters. The number of piperazine rings is 1. The largest absolute Gasteiger partial charge is 0.481 e. The van der Waals surface area contributed by atoms with E-state index in [0.29, 0.717) is 48.5 Å². The Morgan fingerprint density at radius 2 is 1.49 bits per heavy atom. The molecule has 45 heavy (non-hydrogen) atoms. The molecule has 0 saturated carbocycles. The molecular weight excluding hydrogens is 607 g/mol. The van der Waals surface area contributed by atoms with E-state index >= 15 is 0 Å². The van der Waals surface area contributed by atoms with Gasteiger partial charge in [0.2, 0.25) is 0 Å². The molecule has 13 heteroatoms. The Bertz CT molecular complexity index is 1510. The van der Waals surface area contributed by atoms with Gasteiger partial charge in [-0.3, -0.25) is 9.69 Å². The van der Waals surface area contributed by atoms with Crippen molar-refractivity contribution in [3.63, 3.8) is 0 Å². The molecule has 0 aliphatic carbocycles. The Morgan fingerprint density at radius 3 is 2.02 bits per heavy atom. The van der Waals surface area contributed by atoms with Gasteiger partial charge in [-0.25, -0.2) is 9.18 Å². The quantitative estimate of drug-likeness (QED) is 0.273. The topological polar surface area (TPSA) is 64.1 Å². The number of urea groups is 1. The lowest BCUT2D eigenvalue weighted by molar-refractivity contribution is -0.143. The number of hydrogen-bond acceptors (Lipinski definition) is 3. The Balaban J connectivity index is 1.61. The number of halogens is 7. The molecule has 6 nitrogen and oxygen atoms in total. The zero-order valence-electron chi connectivity index (χ0n) is 24.7. The molecule has 1 fully saturated rings. The van der Waals surface area contributed by atoms with Crippen LogP contribution in [0.1, 0.15) is 58.0 Å². The van der Waals surface area contributed by atoms with Crippen LogP contribution in [-0.2, 0) is 30.1 Å². The monoisotopic (exact) mass is 639 g/mol. The molecule has 4 rings (SSSR count). The molecule has 1 unspecified atom stereocenters. The molecule has 1 aliphatic heterocycles. The van der Waals surface area contributed by atoms with Crippen LogP contribution in [-0.4, -0.2) is 58.5 Å². The van der Waals surface area contributed by atoms with E-state index in [1.807, 2.05) is 12.1 Å². The zero-order valence-corrected chi connectivity index (χ0v) is 24.7. The fourth-order valence-electron chi connectivity index (χ4n) is 5.50. The van der Waals surface area contributed by atoms with E-state index < -0.39 is 53.4 Å². The Labute approximate surface area is 255 Å².